The fourth-order valence-electron chi connectivity index (χ4n) is 1.09. The van der Waals surface area contributed by atoms with Crippen molar-refractivity contribution in [2.75, 3.05) is 12.9 Å². The normalized spacial score (nSPS) is 11.0. The molecule has 0 aliphatic carbocycles. The Kier molecular flexibility index (Phi) is 4.36. The fourth-order valence-corrected chi connectivity index (χ4v) is 1.68. The van der Waals surface area contributed by atoms with Gasteiger partial charge in [-0.15, -0.1) is 0 Å². The van der Waals surface area contributed by atoms with Crippen LogP contribution in [-0.2, 0) is 14.8 Å². The van der Waals surface area contributed by atoms with Crippen molar-refractivity contribution in [2.45, 2.75) is 6.92 Å². The number of halogens is 1. The van der Waals surface area contributed by atoms with E-state index in [-0.39, 0.29) is 6.61 Å². The summed E-state index contributed by atoms with van der Waals surface area (Å²) < 4.78 is 28.4. The standard InChI is InChI=1S/C10H12ClNO4S/c1-7-5-8(3-4-9(7)11)16-6-10(13)12-17(2,14)15/h3-5H,6H2,1-2H3,(H,12,13). The first-order valence-corrected chi connectivity index (χ1v) is 6.94. The molecule has 0 heterocycles. The van der Waals surface area contributed by atoms with Crippen LogP contribution >= 0.6 is 11.6 Å². The van der Waals surface area contributed by atoms with Crippen LogP contribution in [0.1, 0.15) is 5.56 Å². The topological polar surface area (TPSA) is 72.5 Å². The van der Waals surface area contributed by atoms with Crippen molar-refractivity contribution >= 4 is 27.5 Å². The maximum Gasteiger partial charge on any atom is 0.271 e. The molecule has 0 saturated heterocycles. The highest BCUT2D eigenvalue weighted by molar-refractivity contribution is 7.89. The van der Waals surface area contributed by atoms with E-state index in [2.05, 4.69) is 0 Å². The van der Waals surface area contributed by atoms with Gasteiger partial charge in [-0.05, 0) is 30.7 Å². The van der Waals surface area contributed by atoms with Crippen molar-refractivity contribution in [1.29, 1.82) is 0 Å². The maximum absolute atomic E-state index is 11.1. The number of ether oxygens (including phenoxy) is 1. The third-order valence-corrected chi connectivity index (χ3v) is 2.82. The number of carbonyl (C=O) groups excluding carboxylic acids is 1. The smallest absolute Gasteiger partial charge is 0.271 e. The number of amides is 1. The van der Waals surface area contributed by atoms with Gasteiger partial charge in [0.05, 0.1) is 6.26 Å². The zero-order valence-corrected chi connectivity index (χ0v) is 10.9. The molecule has 0 aliphatic rings. The van der Waals surface area contributed by atoms with Gasteiger partial charge in [-0.3, -0.25) is 9.52 Å². The number of benzene rings is 1. The van der Waals surface area contributed by atoms with E-state index in [1.54, 1.807) is 29.8 Å². The van der Waals surface area contributed by atoms with E-state index in [9.17, 15) is 13.2 Å². The molecule has 1 aromatic rings. The molecule has 0 bridgehead atoms. The third kappa shape index (κ3) is 5.06. The van der Waals surface area contributed by atoms with Crippen molar-refractivity contribution < 1.29 is 17.9 Å². The molecule has 94 valence electrons. The molecule has 1 amide bonds. The lowest BCUT2D eigenvalue weighted by atomic mass is 10.2. The Balaban J connectivity index is 2.56. The molecule has 5 nitrogen and oxygen atoms in total. The monoisotopic (exact) mass is 277 g/mol. The summed E-state index contributed by atoms with van der Waals surface area (Å²) in [6.45, 7) is 1.43. The van der Waals surface area contributed by atoms with Gasteiger partial charge in [0.1, 0.15) is 5.75 Å². The van der Waals surface area contributed by atoms with Gasteiger partial charge in [0.2, 0.25) is 10.0 Å². The molecule has 0 aliphatic heterocycles. The molecular formula is C10H12ClNO4S. The van der Waals surface area contributed by atoms with Gasteiger partial charge in [-0.1, -0.05) is 11.6 Å². The van der Waals surface area contributed by atoms with Crippen LogP contribution in [0.5, 0.6) is 5.75 Å². The van der Waals surface area contributed by atoms with E-state index < -0.39 is 15.9 Å². The van der Waals surface area contributed by atoms with Crippen molar-refractivity contribution in [1.82, 2.24) is 4.72 Å². The summed E-state index contributed by atoms with van der Waals surface area (Å²) >= 11 is 5.82. The van der Waals surface area contributed by atoms with E-state index >= 15 is 0 Å². The van der Waals surface area contributed by atoms with E-state index in [1.165, 1.54) is 0 Å². The number of rotatable bonds is 4. The average Bonchev–Trinajstić information content (AvgIpc) is 2.17. The molecule has 0 unspecified atom stereocenters. The van der Waals surface area contributed by atoms with Gasteiger partial charge >= 0.3 is 0 Å². The Morgan fingerprint density at radius 3 is 2.65 bits per heavy atom. The highest BCUT2D eigenvalue weighted by Crippen LogP contribution is 2.20. The lowest BCUT2D eigenvalue weighted by Crippen LogP contribution is -2.33. The summed E-state index contributed by atoms with van der Waals surface area (Å²) in [5.74, 6) is -0.268. The Bertz CT molecular complexity index is 527. The van der Waals surface area contributed by atoms with Crippen molar-refractivity contribution in [2.24, 2.45) is 0 Å². The number of carbonyl (C=O) groups is 1. The van der Waals surface area contributed by atoms with Crippen LogP contribution in [0.25, 0.3) is 0 Å². The molecule has 7 heteroatoms. The Hall–Kier alpha value is -1.27. The van der Waals surface area contributed by atoms with Crippen LogP contribution < -0.4 is 9.46 Å². The summed E-state index contributed by atoms with van der Waals surface area (Å²) in [6, 6.07) is 4.90. The number of sulfonamides is 1. The molecule has 1 rings (SSSR count). The highest BCUT2D eigenvalue weighted by Gasteiger charge is 2.09. The number of hydrogen-bond donors (Lipinski definition) is 1. The molecule has 0 atom stereocenters. The second-order valence-electron chi connectivity index (χ2n) is 3.50. The fraction of sp³-hybridized carbons (Fsp3) is 0.300. The molecule has 1 N–H and O–H groups in total. The van der Waals surface area contributed by atoms with Crippen LogP contribution in [0.15, 0.2) is 18.2 Å². The molecule has 17 heavy (non-hydrogen) atoms. The summed E-state index contributed by atoms with van der Waals surface area (Å²) in [6.07, 6.45) is 0.900. The third-order valence-electron chi connectivity index (χ3n) is 1.80. The first-order chi connectivity index (χ1) is 7.78. The maximum atomic E-state index is 11.1. The van der Waals surface area contributed by atoms with Gasteiger partial charge in [-0.2, -0.15) is 0 Å². The predicted octanol–water partition coefficient (Wildman–Crippen LogP) is 1.10. The molecule has 1 aromatic carbocycles. The molecular weight excluding hydrogens is 266 g/mol. The first kappa shape index (κ1) is 13.8. The Labute approximate surface area is 105 Å². The van der Waals surface area contributed by atoms with E-state index in [4.69, 9.17) is 16.3 Å². The Morgan fingerprint density at radius 2 is 2.12 bits per heavy atom. The van der Waals surface area contributed by atoms with Crippen molar-refractivity contribution in [3.63, 3.8) is 0 Å². The van der Waals surface area contributed by atoms with Gasteiger partial charge < -0.3 is 4.74 Å². The minimum Gasteiger partial charge on any atom is -0.484 e. The predicted molar refractivity (Wildman–Crippen MR) is 64.7 cm³/mol. The zero-order chi connectivity index (χ0) is 13.1. The van der Waals surface area contributed by atoms with Crippen molar-refractivity contribution in [3.8, 4) is 5.75 Å². The van der Waals surface area contributed by atoms with E-state index in [0.29, 0.717) is 10.8 Å². The number of nitrogens with one attached hydrogen (secondary N) is 1. The first-order valence-electron chi connectivity index (χ1n) is 4.67. The van der Waals surface area contributed by atoms with E-state index in [0.717, 1.165) is 11.8 Å². The number of aryl methyl sites for hydroxylation is 1. The van der Waals surface area contributed by atoms with Crippen LogP contribution in [0.4, 0.5) is 0 Å². The van der Waals surface area contributed by atoms with Gasteiger partial charge in [0.15, 0.2) is 6.61 Å². The van der Waals surface area contributed by atoms with Crippen LogP contribution in [-0.4, -0.2) is 27.2 Å². The summed E-state index contributed by atoms with van der Waals surface area (Å²) in [7, 11) is -3.54. The molecule has 0 spiro atoms. The molecule has 0 radical (unpaired) electrons. The minimum atomic E-state index is -3.54. The zero-order valence-electron chi connectivity index (χ0n) is 9.36. The van der Waals surface area contributed by atoms with Crippen LogP contribution in [0, 0.1) is 6.92 Å². The quantitative estimate of drug-likeness (QED) is 0.895. The lowest BCUT2D eigenvalue weighted by molar-refractivity contribution is -0.121. The highest BCUT2D eigenvalue weighted by atomic mass is 35.5. The minimum absolute atomic E-state index is 0.367. The summed E-state index contributed by atoms with van der Waals surface area (Å²) in [5.41, 5.74) is 0.813. The van der Waals surface area contributed by atoms with Gasteiger partial charge in [0, 0.05) is 5.02 Å². The van der Waals surface area contributed by atoms with Crippen LogP contribution in [0.2, 0.25) is 5.02 Å². The lowest BCUT2D eigenvalue weighted by Gasteiger charge is -2.07. The second-order valence-corrected chi connectivity index (χ2v) is 5.65. The van der Waals surface area contributed by atoms with Gasteiger partial charge in [0.25, 0.3) is 5.91 Å². The molecule has 0 fully saturated rings. The van der Waals surface area contributed by atoms with E-state index in [1.807, 2.05) is 0 Å². The SMILES string of the molecule is Cc1cc(OCC(=O)NS(C)(=O)=O)ccc1Cl. The average molecular weight is 278 g/mol. The Morgan fingerprint density at radius 1 is 1.47 bits per heavy atom. The summed E-state index contributed by atoms with van der Waals surface area (Å²) in [4.78, 5) is 11.1. The molecule has 0 saturated carbocycles. The largest absolute Gasteiger partial charge is 0.484 e. The summed E-state index contributed by atoms with van der Waals surface area (Å²) in [5, 5.41) is 0.595. The second kappa shape index (κ2) is 5.37. The van der Waals surface area contributed by atoms with Crippen molar-refractivity contribution in [3.05, 3.63) is 28.8 Å². The molecule has 0 aromatic heterocycles. The number of hydrogen-bond acceptors (Lipinski definition) is 4. The van der Waals surface area contributed by atoms with Gasteiger partial charge in [-0.25, -0.2) is 8.42 Å². The van der Waals surface area contributed by atoms with Crippen LogP contribution in [0.3, 0.4) is 0 Å².